The number of amides is 4. The number of nitrogens with one attached hydrogen (secondary N) is 2. The Kier molecular flexibility index (Phi) is 4.68. The minimum absolute atomic E-state index is 0.220. The normalized spacial score (nSPS) is 20.8. The smallest absolute Gasteiger partial charge is 0.325 e. The fraction of sp³-hybridized carbons (Fsp3) is 0.438. The number of anilines is 1. The van der Waals surface area contributed by atoms with E-state index in [0.717, 1.165) is 4.90 Å². The molecule has 6 nitrogen and oxygen atoms in total. The molecule has 0 radical (unpaired) electrons. The molecule has 4 amide bonds. The quantitative estimate of drug-likeness (QED) is 0.815. The summed E-state index contributed by atoms with van der Waals surface area (Å²) in [5, 5.41) is 5.17. The standard InChI is InChI=1S/C16H20FN3O3/c1-10(2)8-16(3)14(22)20(15(23)19-16)9-13(21)18-12-6-4-11(17)5-7-12/h4-7,10H,8-9H2,1-3H3,(H,18,21)(H,19,23)/t16-/m0/s1. The molecule has 1 atom stereocenters. The number of hydrogen-bond acceptors (Lipinski definition) is 3. The number of nitrogens with zero attached hydrogens (tertiary/aromatic N) is 1. The van der Waals surface area contributed by atoms with E-state index in [-0.39, 0.29) is 12.5 Å². The highest BCUT2D eigenvalue weighted by molar-refractivity contribution is 6.09. The Morgan fingerprint density at radius 3 is 2.48 bits per heavy atom. The van der Waals surface area contributed by atoms with Crippen molar-refractivity contribution in [3.05, 3.63) is 30.1 Å². The number of imide groups is 1. The van der Waals surface area contributed by atoms with Gasteiger partial charge in [-0.1, -0.05) is 13.8 Å². The van der Waals surface area contributed by atoms with Gasteiger partial charge in [0.1, 0.15) is 17.9 Å². The predicted octanol–water partition coefficient (Wildman–Crippen LogP) is 2.12. The lowest BCUT2D eigenvalue weighted by Crippen LogP contribution is -2.45. The topological polar surface area (TPSA) is 78.5 Å². The Hall–Kier alpha value is -2.44. The lowest BCUT2D eigenvalue weighted by molar-refractivity contribution is -0.133. The average molecular weight is 321 g/mol. The Morgan fingerprint density at radius 2 is 1.91 bits per heavy atom. The molecule has 1 aliphatic heterocycles. The number of rotatable bonds is 5. The van der Waals surface area contributed by atoms with Crippen LogP contribution in [0.3, 0.4) is 0 Å². The first kappa shape index (κ1) is 16.9. The zero-order valence-corrected chi connectivity index (χ0v) is 13.4. The van der Waals surface area contributed by atoms with E-state index >= 15 is 0 Å². The first-order valence-electron chi connectivity index (χ1n) is 7.41. The second kappa shape index (κ2) is 6.36. The van der Waals surface area contributed by atoms with Crippen molar-refractivity contribution in [1.82, 2.24) is 10.2 Å². The van der Waals surface area contributed by atoms with Crippen molar-refractivity contribution >= 4 is 23.5 Å². The Labute approximate surface area is 134 Å². The summed E-state index contributed by atoms with van der Waals surface area (Å²) in [6, 6.07) is 4.66. The van der Waals surface area contributed by atoms with E-state index in [0.29, 0.717) is 12.1 Å². The van der Waals surface area contributed by atoms with Gasteiger partial charge in [-0.2, -0.15) is 0 Å². The fourth-order valence-electron chi connectivity index (χ4n) is 2.72. The van der Waals surface area contributed by atoms with E-state index in [4.69, 9.17) is 0 Å². The van der Waals surface area contributed by atoms with Gasteiger partial charge in [0.2, 0.25) is 5.91 Å². The zero-order chi connectivity index (χ0) is 17.2. The third-order valence-electron chi connectivity index (χ3n) is 3.59. The molecule has 0 saturated carbocycles. The van der Waals surface area contributed by atoms with E-state index in [9.17, 15) is 18.8 Å². The minimum atomic E-state index is -0.985. The first-order valence-corrected chi connectivity index (χ1v) is 7.41. The van der Waals surface area contributed by atoms with Crippen molar-refractivity contribution in [1.29, 1.82) is 0 Å². The van der Waals surface area contributed by atoms with Gasteiger partial charge in [-0.15, -0.1) is 0 Å². The number of urea groups is 1. The summed E-state index contributed by atoms with van der Waals surface area (Å²) in [6.45, 7) is 5.18. The maximum absolute atomic E-state index is 12.8. The molecule has 1 fully saturated rings. The summed E-state index contributed by atoms with van der Waals surface area (Å²) in [5.74, 6) is -1.13. The second-order valence-electron chi connectivity index (χ2n) is 6.31. The van der Waals surface area contributed by atoms with Gasteiger partial charge in [0.05, 0.1) is 0 Å². The van der Waals surface area contributed by atoms with E-state index in [1.165, 1.54) is 24.3 Å². The molecular weight excluding hydrogens is 301 g/mol. The van der Waals surface area contributed by atoms with Gasteiger partial charge in [0.15, 0.2) is 0 Å². The van der Waals surface area contributed by atoms with Gasteiger partial charge in [-0.25, -0.2) is 9.18 Å². The molecule has 0 unspecified atom stereocenters. The second-order valence-corrected chi connectivity index (χ2v) is 6.31. The number of carbonyl (C=O) groups excluding carboxylic acids is 3. The van der Waals surface area contributed by atoms with Crippen LogP contribution in [0.2, 0.25) is 0 Å². The molecule has 2 N–H and O–H groups in total. The van der Waals surface area contributed by atoms with Gasteiger partial charge < -0.3 is 10.6 Å². The van der Waals surface area contributed by atoms with Gasteiger partial charge in [0, 0.05) is 5.69 Å². The Balaban J connectivity index is 2.02. The van der Waals surface area contributed by atoms with Crippen molar-refractivity contribution in [2.75, 3.05) is 11.9 Å². The van der Waals surface area contributed by atoms with Crippen LogP contribution in [-0.4, -0.2) is 34.8 Å². The van der Waals surface area contributed by atoms with Gasteiger partial charge in [0.25, 0.3) is 5.91 Å². The highest BCUT2D eigenvalue weighted by Gasteiger charge is 2.48. The Bertz CT molecular complexity index is 630. The third kappa shape index (κ3) is 3.85. The summed E-state index contributed by atoms with van der Waals surface area (Å²) < 4.78 is 12.8. The van der Waals surface area contributed by atoms with Crippen LogP contribution < -0.4 is 10.6 Å². The minimum Gasteiger partial charge on any atom is -0.325 e. The lowest BCUT2D eigenvalue weighted by Gasteiger charge is -2.23. The largest absolute Gasteiger partial charge is 0.325 e. The molecule has 0 aliphatic carbocycles. The van der Waals surface area contributed by atoms with Crippen molar-refractivity contribution < 1.29 is 18.8 Å². The van der Waals surface area contributed by atoms with E-state index in [1.807, 2.05) is 13.8 Å². The van der Waals surface area contributed by atoms with E-state index < -0.39 is 29.2 Å². The summed E-state index contributed by atoms with van der Waals surface area (Å²) >= 11 is 0. The molecule has 124 valence electrons. The van der Waals surface area contributed by atoms with Crippen LogP contribution >= 0.6 is 0 Å². The number of benzene rings is 1. The number of carbonyl (C=O) groups is 3. The SMILES string of the molecule is CC(C)C[C@]1(C)NC(=O)N(CC(=O)Nc2ccc(F)cc2)C1=O. The molecule has 1 aliphatic rings. The van der Waals surface area contributed by atoms with Crippen LogP contribution in [-0.2, 0) is 9.59 Å². The molecule has 2 rings (SSSR count). The van der Waals surface area contributed by atoms with Gasteiger partial charge in [-0.3, -0.25) is 14.5 Å². The fourth-order valence-corrected chi connectivity index (χ4v) is 2.72. The van der Waals surface area contributed by atoms with Crippen LogP contribution in [0.1, 0.15) is 27.2 Å². The van der Waals surface area contributed by atoms with Crippen LogP contribution in [0.4, 0.5) is 14.9 Å². The van der Waals surface area contributed by atoms with E-state index in [1.54, 1.807) is 6.92 Å². The highest BCUT2D eigenvalue weighted by Crippen LogP contribution is 2.24. The average Bonchev–Trinajstić information content (AvgIpc) is 2.64. The zero-order valence-electron chi connectivity index (χ0n) is 13.4. The van der Waals surface area contributed by atoms with Crippen molar-refractivity contribution in [2.45, 2.75) is 32.7 Å². The third-order valence-corrected chi connectivity index (χ3v) is 3.59. The molecule has 23 heavy (non-hydrogen) atoms. The first-order chi connectivity index (χ1) is 10.7. The monoisotopic (exact) mass is 321 g/mol. The molecular formula is C16H20FN3O3. The molecule has 0 spiro atoms. The van der Waals surface area contributed by atoms with Crippen LogP contribution in [0.25, 0.3) is 0 Å². The number of halogens is 1. The van der Waals surface area contributed by atoms with Gasteiger partial charge >= 0.3 is 6.03 Å². The van der Waals surface area contributed by atoms with E-state index in [2.05, 4.69) is 10.6 Å². The van der Waals surface area contributed by atoms with Gasteiger partial charge in [-0.05, 0) is 43.5 Å². The van der Waals surface area contributed by atoms with Crippen molar-refractivity contribution in [2.24, 2.45) is 5.92 Å². The predicted molar refractivity (Wildman–Crippen MR) is 83.1 cm³/mol. The molecule has 1 aromatic rings. The van der Waals surface area contributed by atoms with Crippen LogP contribution in [0, 0.1) is 11.7 Å². The van der Waals surface area contributed by atoms with Crippen molar-refractivity contribution in [3.8, 4) is 0 Å². The summed E-state index contributed by atoms with van der Waals surface area (Å²) in [7, 11) is 0. The maximum Gasteiger partial charge on any atom is 0.325 e. The highest BCUT2D eigenvalue weighted by atomic mass is 19.1. The molecule has 1 aromatic carbocycles. The Morgan fingerprint density at radius 1 is 1.30 bits per heavy atom. The van der Waals surface area contributed by atoms with Crippen LogP contribution in [0.5, 0.6) is 0 Å². The summed E-state index contributed by atoms with van der Waals surface area (Å²) in [6.07, 6.45) is 0.494. The lowest BCUT2D eigenvalue weighted by atomic mass is 9.91. The molecule has 0 aromatic heterocycles. The maximum atomic E-state index is 12.8. The summed E-state index contributed by atoms with van der Waals surface area (Å²) in [5.41, 5.74) is -0.588. The molecule has 7 heteroatoms. The molecule has 0 bridgehead atoms. The molecule has 1 saturated heterocycles. The van der Waals surface area contributed by atoms with Crippen molar-refractivity contribution in [3.63, 3.8) is 0 Å². The number of hydrogen-bond donors (Lipinski definition) is 2. The summed E-state index contributed by atoms with van der Waals surface area (Å²) in [4.78, 5) is 37.3. The molecule has 1 heterocycles. The van der Waals surface area contributed by atoms with Crippen LogP contribution in [0.15, 0.2) is 24.3 Å².